The number of hydrogen-bond donors (Lipinski definition) is 4. The van der Waals surface area contributed by atoms with Crippen molar-refractivity contribution in [1.29, 1.82) is 0 Å². The number of anilines is 2. The smallest absolute Gasteiger partial charge is 0.296 e. The molecule has 0 amide bonds. The fraction of sp³-hybridized carbons (Fsp3) is 0. The molecule has 0 fully saturated rings. The third kappa shape index (κ3) is 2.96. The highest BCUT2D eigenvalue weighted by atomic mass is 79.9. The topological polar surface area (TPSA) is 195 Å². The molecular weight excluding hydrogens is 548 g/mol. The maximum Gasteiger partial charge on any atom is 0.296 e. The van der Waals surface area contributed by atoms with Crippen LogP contribution < -0.4 is 11.5 Å². The highest BCUT2D eigenvalue weighted by Gasteiger charge is 2.40. The van der Waals surface area contributed by atoms with Crippen molar-refractivity contribution in [1.82, 2.24) is 0 Å². The molecule has 0 unspecified atom stereocenters. The summed E-state index contributed by atoms with van der Waals surface area (Å²) in [5, 5.41) is 0. The van der Waals surface area contributed by atoms with E-state index in [2.05, 4.69) is 31.9 Å². The normalized spacial score (nSPS) is 14.0. The number of ketones is 2. The first kappa shape index (κ1) is 20.9. The summed E-state index contributed by atoms with van der Waals surface area (Å²) in [4.78, 5) is 24.4. The van der Waals surface area contributed by atoms with Crippen molar-refractivity contribution in [3.05, 3.63) is 43.3 Å². The molecule has 14 heteroatoms. The third-order valence-corrected chi connectivity index (χ3v) is 7.06. The van der Waals surface area contributed by atoms with E-state index in [9.17, 15) is 35.5 Å². The first-order valence-electron chi connectivity index (χ1n) is 6.96. The van der Waals surface area contributed by atoms with Crippen LogP contribution in [0.3, 0.4) is 0 Å². The lowest BCUT2D eigenvalue weighted by Crippen LogP contribution is -2.27. The fourth-order valence-corrected chi connectivity index (χ4v) is 5.69. The number of carbonyl (C=O) groups excluding carboxylic acids is 2. The molecule has 0 aliphatic heterocycles. The van der Waals surface area contributed by atoms with Gasteiger partial charge in [-0.15, -0.1) is 0 Å². The number of halogens is 2. The lowest BCUT2D eigenvalue weighted by molar-refractivity contribution is 0.0978. The highest BCUT2D eigenvalue weighted by molar-refractivity contribution is 9.10. The molecule has 0 heterocycles. The number of benzene rings is 2. The zero-order chi connectivity index (χ0) is 21.3. The van der Waals surface area contributed by atoms with Crippen LogP contribution in [0.5, 0.6) is 0 Å². The second-order valence-corrected chi connectivity index (χ2v) is 10.1. The summed E-state index contributed by atoms with van der Waals surface area (Å²) in [6, 6.07) is 1.66. The van der Waals surface area contributed by atoms with Gasteiger partial charge in [0.25, 0.3) is 20.2 Å². The van der Waals surface area contributed by atoms with E-state index in [0.29, 0.717) is 0 Å². The molecule has 0 saturated heterocycles. The van der Waals surface area contributed by atoms with Crippen molar-refractivity contribution in [2.45, 2.75) is 9.79 Å². The quantitative estimate of drug-likeness (QED) is 0.266. The summed E-state index contributed by atoms with van der Waals surface area (Å²) in [5.41, 5.74) is 8.43. The Kier molecular flexibility index (Phi) is 4.72. The Balaban J connectivity index is 2.50. The lowest BCUT2D eigenvalue weighted by atomic mass is 9.82. The molecule has 1 aliphatic carbocycles. The van der Waals surface area contributed by atoms with Crippen LogP contribution >= 0.6 is 31.9 Å². The van der Waals surface area contributed by atoms with Gasteiger partial charge >= 0.3 is 0 Å². The molecule has 0 saturated carbocycles. The van der Waals surface area contributed by atoms with Crippen LogP contribution in [0.25, 0.3) is 0 Å². The number of nitrogens with two attached hydrogens (primary N) is 2. The van der Waals surface area contributed by atoms with E-state index in [1.54, 1.807) is 0 Å². The minimum atomic E-state index is -4.82. The van der Waals surface area contributed by atoms with Gasteiger partial charge in [0, 0.05) is 8.95 Å². The summed E-state index contributed by atoms with van der Waals surface area (Å²) >= 11 is 5.91. The second-order valence-electron chi connectivity index (χ2n) is 5.65. The second kappa shape index (κ2) is 6.33. The molecule has 2 aromatic carbocycles. The van der Waals surface area contributed by atoms with E-state index in [4.69, 9.17) is 11.5 Å². The molecule has 6 N–H and O–H groups in total. The molecule has 1 aliphatic rings. The molecule has 10 nitrogen and oxygen atoms in total. The minimum absolute atomic E-state index is 0.193. The van der Waals surface area contributed by atoms with E-state index >= 15 is 0 Å². The summed E-state index contributed by atoms with van der Waals surface area (Å²) in [7, 11) is -9.64. The first-order valence-corrected chi connectivity index (χ1v) is 11.4. The van der Waals surface area contributed by atoms with Gasteiger partial charge in [-0.05, 0) is 44.0 Å². The van der Waals surface area contributed by atoms with Crippen molar-refractivity contribution in [2.75, 3.05) is 11.5 Å². The molecular formula is C14H8Br2N2O8S2. The Labute approximate surface area is 174 Å². The van der Waals surface area contributed by atoms with Gasteiger partial charge in [-0.3, -0.25) is 18.7 Å². The van der Waals surface area contributed by atoms with E-state index in [0.717, 1.165) is 12.1 Å². The Hall–Kier alpha value is -1.84. The third-order valence-electron chi connectivity index (χ3n) is 4.03. The summed E-state index contributed by atoms with van der Waals surface area (Å²) in [5.74, 6) is -1.87. The van der Waals surface area contributed by atoms with Crippen molar-refractivity contribution in [3.63, 3.8) is 0 Å². The number of nitrogen functional groups attached to an aromatic ring is 2. The van der Waals surface area contributed by atoms with Crippen LogP contribution in [0.4, 0.5) is 11.4 Å². The maximum atomic E-state index is 13.0. The van der Waals surface area contributed by atoms with Crippen LogP contribution in [0.2, 0.25) is 0 Å². The van der Waals surface area contributed by atoms with Gasteiger partial charge in [0.1, 0.15) is 9.79 Å². The number of rotatable bonds is 2. The minimum Gasteiger partial charge on any atom is -0.397 e. The predicted molar refractivity (Wildman–Crippen MR) is 104 cm³/mol. The monoisotopic (exact) mass is 554 g/mol. The van der Waals surface area contributed by atoms with E-state index in [1.165, 1.54) is 0 Å². The molecule has 0 atom stereocenters. The zero-order valence-electron chi connectivity index (χ0n) is 13.2. The van der Waals surface area contributed by atoms with Crippen LogP contribution in [0.1, 0.15) is 31.8 Å². The Bertz CT molecular complexity index is 1230. The fourth-order valence-electron chi connectivity index (χ4n) is 2.88. The van der Waals surface area contributed by atoms with E-state index in [-0.39, 0.29) is 20.1 Å². The maximum absolute atomic E-state index is 13.0. The van der Waals surface area contributed by atoms with Gasteiger partial charge in [0.15, 0.2) is 11.6 Å². The predicted octanol–water partition coefficient (Wildman–Crippen LogP) is 1.64. The summed E-state index contributed by atoms with van der Waals surface area (Å²) in [6.07, 6.45) is 0. The Morgan fingerprint density at radius 1 is 0.679 bits per heavy atom. The average molecular weight is 556 g/mol. The number of fused-ring (bicyclic) bond motifs is 2. The molecule has 148 valence electrons. The van der Waals surface area contributed by atoms with Crippen molar-refractivity contribution >= 4 is 75.0 Å². The van der Waals surface area contributed by atoms with Crippen molar-refractivity contribution in [2.24, 2.45) is 0 Å². The van der Waals surface area contributed by atoms with Gasteiger partial charge in [-0.2, -0.15) is 16.8 Å². The van der Waals surface area contributed by atoms with E-state index < -0.39 is 64.1 Å². The SMILES string of the molecule is Nc1c(S(=O)(=O)O)cc(Br)c2c1C(=O)c1c(Br)cc(S(=O)(=O)O)c(N)c1C2=O. The lowest BCUT2D eigenvalue weighted by Gasteiger charge is -2.24. The van der Waals surface area contributed by atoms with Gasteiger partial charge in [0.2, 0.25) is 0 Å². The molecule has 28 heavy (non-hydrogen) atoms. The van der Waals surface area contributed by atoms with E-state index in [1.807, 2.05) is 0 Å². The molecule has 0 bridgehead atoms. The van der Waals surface area contributed by atoms with Crippen LogP contribution in [0.15, 0.2) is 30.9 Å². The largest absolute Gasteiger partial charge is 0.397 e. The first-order chi connectivity index (χ1) is 12.7. The molecule has 0 radical (unpaired) electrons. The molecule has 0 spiro atoms. The number of hydrogen-bond acceptors (Lipinski definition) is 8. The standard InChI is InChI=1S/C14H8Br2N2O8S2/c15-3-1-5(27(21,22)23)11(17)9-7(3)13(19)10-8(14(9)20)4(16)2-6(12(10)18)28(24,25)26/h1-2H,17-18H2,(H,21,22,23)(H,24,25,26). The van der Waals surface area contributed by atoms with Crippen LogP contribution in [-0.2, 0) is 20.2 Å². The van der Waals surface area contributed by atoms with Gasteiger partial charge in [0.05, 0.1) is 33.6 Å². The Morgan fingerprint density at radius 2 is 0.964 bits per heavy atom. The highest BCUT2D eigenvalue weighted by Crippen LogP contribution is 2.43. The zero-order valence-corrected chi connectivity index (χ0v) is 18.0. The molecule has 2 aromatic rings. The number of carbonyl (C=O) groups is 2. The Morgan fingerprint density at radius 3 is 1.21 bits per heavy atom. The van der Waals surface area contributed by atoms with Gasteiger partial charge < -0.3 is 11.5 Å². The molecule has 0 aromatic heterocycles. The van der Waals surface area contributed by atoms with Crippen LogP contribution in [-0.4, -0.2) is 37.5 Å². The molecule has 3 rings (SSSR count). The van der Waals surface area contributed by atoms with Gasteiger partial charge in [-0.25, -0.2) is 0 Å². The van der Waals surface area contributed by atoms with Crippen LogP contribution in [0, 0.1) is 0 Å². The van der Waals surface area contributed by atoms with Gasteiger partial charge in [-0.1, -0.05) is 0 Å². The van der Waals surface area contributed by atoms with Crippen molar-refractivity contribution in [3.8, 4) is 0 Å². The summed E-state index contributed by atoms with van der Waals surface area (Å²) < 4.78 is 64.4. The van der Waals surface area contributed by atoms with Crippen molar-refractivity contribution < 1.29 is 35.5 Å². The summed E-state index contributed by atoms with van der Waals surface area (Å²) in [6.45, 7) is 0. The average Bonchev–Trinajstić information content (AvgIpc) is 2.53.